The summed E-state index contributed by atoms with van der Waals surface area (Å²) >= 11 is 1.52. The van der Waals surface area contributed by atoms with Crippen LogP contribution >= 0.6 is 11.3 Å². The number of thiophene rings is 1. The highest BCUT2D eigenvalue weighted by Crippen LogP contribution is 2.29. The molecule has 2 amide bonds. The van der Waals surface area contributed by atoms with Gasteiger partial charge in [0.25, 0.3) is 5.91 Å². The number of aromatic nitrogens is 1. The molecule has 1 unspecified atom stereocenters. The molecule has 7 heteroatoms. The third kappa shape index (κ3) is 4.98. The summed E-state index contributed by atoms with van der Waals surface area (Å²) < 4.78 is 2.29. The molecule has 4 rings (SSSR count). The fourth-order valence-electron chi connectivity index (χ4n) is 4.06. The van der Waals surface area contributed by atoms with E-state index in [1.807, 2.05) is 43.5 Å². The van der Waals surface area contributed by atoms with Crippen LogP contribution in [-0.4, -0.2) is 28.6 Å². The number of rotatable bonds is 8. The van der Waals surface area contributed by atoms with E-state index >= 15 is 0 Å². The Morgan fingerprint density at radius 1 is 1.06 bits per heavy atom. The SMILES string of the molecule is CCn1c2ccccc2c2cc(/C=N\NC(=O)C(NC(=O)Cc3cccs3)C(C)C)ccc21. The molecule has 2 aromatic carbocycles. The lowest BCUT2D eigenvalue weighted by atomic mass is 10.0. The molecule has 0 aliphatic carbocycles. The smallest absolute Gasteiger partial charge is 0.262 e. The monoisotopic (exact) mass is 460 g/mol. The molecule has 2 heterocycles. The van der Waals surface area contributed by atoms with Gasteiger partial charge in [-0.1, -0.05) is 44.2 Å². The van der Waals surface area contributed by atoms with Crippen LogP contribution in [0.4, 0.5) is 0 Å². The molecular formula is C26H28N4O2S. The number of hydrogen-bond acceptors (Lipinski definition) is 4. The van der Waals surface area contributed by atoms with Gasteiger partial charge in [0.1, 0.15) is 6.04 Å². The Kier molecular flexibility index (Phi) is 6.89. The van der Waals surface area contributed by atoms with Crippen LogP contribution in [-0.2, 0) is 22.6 Å². The molecule has 0 saturated heterocycles. The third-order valence-corrected chi connectivity index (χ3v) is 6.56. The fraction of sp³-hybridized carbons (Fsp3) is 0.269. The largest absolute Gasteiger partial charge is 0.344 e. The number of para-hydroxylation sites is 1. The maximum absolute atomic E-state index is 12.7. The van der Waals surface area contributed by atoms with Crippen molar-refractivity contribution in [1.29, 1.82) is 0 Å². The number of hydrogen-bond donors (Lipinski definition) is 2. The lowest BCUT2D eigenvalue weighted by Gasteiger charge is -2.20. The Bertz CT molecular complexity index is 1300. The number of fused-ring (bicyclic) bond motifs is 3. The van der Waals surface area contributed by atoms with Crippen molar-refractivity contribution in [2.24, 2.45) is 11.0 Å². The van der Waals surface area contributed by atoms with Crippen molar-refractivity contribution in [2.75, 3.05) is 0 Å². The molecule has 4 aromatic rings. The molecule has 0 fully saturated rings. The van der Waals surface area contributed by atoms with E-state index in [-0.39, 0.29) is 24.2 Å². The molecular weight excluding hydrogens is 432 g/mol. The van der Waals surface area contributed by atoms with Crippen LogP contribution in [0.2, 0.25) is 0 Å². The van der Waals surface area contributed by atoms with Crippen LogP contribution in [0.5, 0.6) is 0 Å². The van der Waals surface area contributed by atoms with Crippen LogP contribution < -0.4 is 10.7 Å². The van der Waals surface area contributed by atoms with E-state index < -0.39 is 6.04 Å². The number of nitrogens with one attached hydrogen (secondary N) is 2. The molecule has 0 aliphatic heterocycles. The lowest BCUT2D eigenvalue weighted by molar-refractivity contribution is -0.129. The first-order valence-electron chi connectivity index (χ1n) is 11.1. The average Bonchev–Trinajstić information content (AvgIpc) is 3.42. The molecule has 170 valence electrons. The molecule has 1 atom stereocenters. The van der Waals surface area contributed by atoms with Crippen LogP contribution in [0.1, 0.15) is 31.2 Å². The van der Waals surface area contributed by atoms with Gasteiger partial charge in [0, 0.05) is 33.2 Å². The van der Waals surface area contributed by atoms with E-state index in [0.717, 1.165) is 22.4 Å². The van der Waals surface area contributed by atoms with Gasteiger partial charge in [0.05, 0.1) is 12.6 Å². The van der Waals surface area contributed by atoms with Crippen molar-refractivity contribution >= 4 is 51.2 Å². The van der Waals surface area contributed by atoms with Crippen molar-refractivity contribution in [2.45, 2.75) is 39.8 Å². The molecule has 33 heavy (non-hydrogen) atoms. The Labute approximate surface area is 197 Å². The van der Waals surface area contributed by atoms with Crippen molar-refractivity contribution in [3.63, 3.8) is 0 Å². The zero-order chi connectivity index (χ0) is 23.4. The Hall–Kier alpha value is -3.45. The minimum absolute atomic E-state index is 0.0657. The van der Waals surface area contributed by atoms with Gasteiger partial charge >= 0.3 is 0 Å². The van der Waals surface area contributed by atoms with Crippen molar-refractivity contribution < 1.29 is 9.59 Å². The lowest BCUT2D eigenvalue weighted by Crippen LogP contribution is -2.49. The van der Waals surface area contributed by atoms with E-state index in [1.165, 1.54) is 27.8 Å². The Balaban J connectivity index is 1.46. The van der Waals surface area contributed by atoms with Gasteiger partial charge in [-0.05, 0) is 48.1 Å². The maximum Gasteiger partial charge on any atom is 0.262 e. The van der Waals surface area contributed by atoms with Gasteiger partial charge in [-0.2, -0.15) is 5.10 Å². The molecule has 6 nitrogen and oxygen atoms in total. The second-order valence-electron chi connectivity index (χ2n) is 8.32. The number of hydrazone groups is 1. The molecule has 0 spiro atoms. The van der Waals surface area contributed by atoms with E-state index in [2.05, 4.69) is 57.7 Å². The normalized spacial score (nSPS) is 12.6. The van der Waals surface area contributed by atoms with Gasteiger partial charge in [0.15, 0.2) is 0 Å². The minimum atomic E-state index is -0.653. The van der Waals surface area contributed by atoms with E-state index in [0.29, 0.717) is 0 Å². The summed E-state index contributed by atoms with van der Waals surface area (Å²) in [5, 5.41) is 11.3. The molecule has 0 bridgehead atoms. The van der Waals surface area contributed by atoms with Gasteiger partial charge in [0.2, 0.25) is 5.91 Å². The Morgan fingerprint density at radius 2 is 1.85 bits per heavy atom. The molecule has 0 saturated carbocycles. The van der Waals surface area contributed by atoms with E-state index in [9.17, 15) is 9.59 Å². The summed E-state index contributed by atoms with van der Waals surface area (Å²) in [4.78, 5) is 26.0. The van der Waals surface area contributed by atoms with E-state index in [1.54, 1.807) is 6.21 Å². The molecule has 0 radical (unpaired) electrons. The highest BCUT2D eigenvalue weighted by atomic mass is 32.1. The number of aryl methyl sites for hydroxylation is 1. The van der Waals surface area contributed by atoms with Crippen LogP contribution in [0.25, 0.3) is 21.8 Å². The first kappa shape index (κ1) is 22.7. The second kappa shape index (κ2) is 10.0. The van der Waals surface area contributed by atoms with Crippen LogP contribution in [0.3, 0.4) is 0 Å². The topological polar surface area (TPSA) is 75.5 Å². The maximum atomic E-state index is 12.7. The standard InChI is InChI=1S/C26H28N4O2S/c1-4-30-22-10-6-5-9-20(22)21-14-18(11-12-23(21)30)16-27-29-26(32)25(17(2)3)28-24(31)15-19-8-7-13-33-19/h5-14,16-17,25H,4,15H2,1-3H3,(H,28,31)(H,29,32)/b27-16-. The summed E-state index contributed by atoms with van der Waals surface area (Å²) in [7, 11) is 0. The number of carbonyl (C=O) groups is 2. The predicted octanol–water partition coefficient (Wildman–Crippen LogP) is 4.71. The first-order chi connectivity index (χ1) is 16.0. The summed E-state index contributed by atoms with van der Waals surface area (Å²) in [6.07, 6.45) is 1.91. The second-order valence-corrected chi connectivity index (χ2v) is 9.35. The first-order valence-corrected chi connectivity index (χ1v) is 12.0. The Morgan fingerprint density at radius 3 is 2.58 bits per heavy atom. The molecule has 2 N–H and O–H groups in total. The van der Waals surface area contributed by atoms with Crippen molar-refractivity contribution in [3.8, 4) is 0 Å². The third-order valence-electron chi connectivity index (χ3n) is 5.68. The molecule has 0 aliphatic rings. The van der Waals surface area contributed by atoms with E-state index in [4.69, 9.17) is 0 Å². The quantitative estimate of drug-likeness (QED) is 0.295. The summed E-state index contributed by atoms with van der Waals surface area (Å²) in [5.41, 5.74) is 5.86. The summed E-state index contributed by atoms with van der Waals surface area (Å²) in [5.74, 6) is -0.568. The van der Waals surface area contributed by atoms with Crippen LogP contribution in [0.15, 0.2) is 65.1 Å². The van der Waals surface area contributed by atoms with Crippen molar-refractivity contribution in [3.05, 3.63) is 70.4 Å². The summed E-state index contributed by atoms with van der Waals surface area (Å²) in [6.45, 7) is 6.83. The van der Waals surface area contributed by atoms with Gasteiger partial charge < -0.3 is 9.88 Å². The van der Waals surface area contributed by atoms with Crippen molar-refractivity contribution in [1.82, 2.24) is 15.3 Å². The van der Waals surface area contributed by atoms with Gasteiger partial charge in [-0.3, -0.25) is 9.59 Å². The minimum Gasteiger partial charge on any atom is -0.344 e. The number of nitrogens with zero attached hydrogens (tertiary/aromatic N) is 2. The summed E-state index contributed by atoms with van der Waals surface area (Å²) in [6, 6.07) is 17.7. The number of carbonyl (C=O) groups excluding carboxylic acids is 2. The highest BCUT2D eigenvalue weighted by molar-refractivity contribution is 7.10. The molecule has 2 aromatic heterocycles. The number of amides is 2. The van der Waals surface area contributed by atoms with Gasteiger partial charge in [-0.15, -0.1) is 11.3 Å². The fourth-order valence-corrected chi connectivity index (χ4v) is 4.77. The van der Waals surface area contributed by atoms with Crippen LogP contribution in [0, 0.1) is 5.92 Å². The number of benzene rings is 2. The zero-order valence-corrected chi connectivity index (χ0v) is 19.9. The van der Waals surface area contributed by atoms with Gasteiger partial charge in [-0.25, -0.2) is 5.43 Å². The predicted molar refractivity (Wildman–Crippen MR) is 136 cm³/mol. The average molecular weight is 461 g/mol. The highest BCUT2D eigenvalue weighted by Gasteiger charge is 2.24. The zero-order valence-electron chi connectivity index (χ0n) is 19.0.